The number of fused-ring (bicyclic) bond motifs is 1. The predicted octanol–water partition coefficient (Wildman–Crippen LogP) is 4.95. The quantitative estimate of drug-likeness (QED) is 0.586. The van der Waals surface area contributed by atoms with Crippen LogP contribution in [0.1, 0.15) is 60.0 Å². The first kappa shape index (κ1) is 24.5. The summed E-state index contributed by atoms with van der Waals surface area (Å²) in [5.74, 6) is 1.21. The molecule has 1 N–H and O–H groups in total. The van der Waals surface area contributed by atoms with Gasteiger partial charge in [-0.2, -0.15) is 0 Å². The van der Waals surface area contributed by atoms with Crippen LogP contribution in [0.5, 0.6) is 5.75 Å². The Labute approximate surface area is 223 Å². The minimum absolute atomic E-state index is 0.0325. The maximum atomic E-state index is 13.1. The lowest BCUT2D eigenvalue weighted by atomic mass is 9.78. The molecule has 2 aromatic carbocycles. The smallest absolute Gasteiger partial charge is 0.255 e. The van der Waals surface area contributed by atoms with E-state index in [4.69, 9.17) is 16.3 Å². The van der Waals surface area contributed by atoms with E-state index >= 15 is 0 Å². The van der Waals surface area contributed by atoms with Crippen LogP contribution in [-0.4, -0.2) is 52.9 Å². The van der Waals surface area contributed by atoms with Gasteiger partial charge in [0, 0.05) is 36.9 Å². The summed E-state index contributed by atoms with van der Waals surface area (Å²) in [5, 5.41) is 3.48. The number of benzene rings is 2. The molecule has 4 aliphatic rings. The lowest BCUT2D eigenvalue weighted by Gasteiger charge is -2.48. The van der Waals surface area contributed by atoms with E-state index in [0.717, 1.165) is 42.1 Å². The van der Waals surface area contributed by atoms with Crippen molar-refractivity contribution in [3.8, 4) is 5.75 Å². The molecule has 1 aliphatic carbocycles. The Morgan fingerprint density at radius 2 is 1.86 bits per heavy atom. The van der Waals surface area contributed by atoms with E-state index in [2.05, 4.69) is 28.9 Å². The lowest BCUT2D eigenvalue weighted by Crippen LogP contribution is -2.60. The molecule has 3 aliphatic heterocycles. The molecule has 37 heavy (non-hydrogen) atoms. The van der Waals surface area contributed by atoms with E-state index in [9.17, 15) is 9.59 Å². The van der Waals surface area contributed by atoms with Gasteiger partial charge >= 0.3 is 0 Å². The number of para-hydroxylation sites is 1. The summed E-state index contributed by atoms with van der Waals surface area (Å²) >= 11 is 6.28. The topological polar surface area (TPSA) is 61.9 Å². The average molecular weight is 520 g/mol. The maximum absolute atomic E-state index is 13.1. The molecule has 0 spiro atoms. The Balaban J connectivity index is 1.09. The van der Waals surface area contributed by atoms with E-state index in [1.54, 1.807) is 4.90 Å². The summed E-state index contributed by atoms with van der Waals surface area (Å²) in [5.41, 5.74) is 3.81. The SMILES string of the molecule is C=C1CCC(N2Cc3cc(C[C@H]4CCCC[C@@H]4N4CC(Oc5ccccc5Cl)C4)ccc3C2=O)C(=O)N1. The van der Waals surface area contributed by atoms with E-state index in [1.165, 1.54) is 31.2 Å². The highest BCUT2D eigenvalue weighted by molar-refractivity contribution is 6.32. The monoisotopic (exact) mass is 519 g/mol. The van der Waals surface area contributed by atoms with Crippen LogP contribution in [0, 0.1) is 5.92 Å². The van der Waals surface area contributed by atoms with Crippen molar-refractivity contribution in [3.05, 3.63) is 76.5 Å². The van der Waals surface area contributed by atoms with Gasteiger partial charge in [0.1, 0.15) is 17.9 Å². The van der Waals surface area contributed by atoms with Crippen LogP contribution in [0.4, 0.5) is 0 Å². The van der Waals surface area contributed by atoms with Crippen LogP contribution in [0.3, 0.4) is 0 Å². The number of allylic oxidation sites excluding steroid dienone is 1. The van der Waals surface area contributed by atoms with E-state index in [0.29, 0.717) is 36.4 Å². The van der Waals surface area contributed by atoms with Crippen LogP contribution < -0.4 is 10.1 Å². The molecule has 2 saturated heterocycles. The molecule has 3 heterocycles. The zero-order valence-electron chi connectivity index (χ0n) is 21.1. The number of rotatable bonds is 6. The molecule has 0 radical (unpaired) electrons. The minimum atomic E-state index is -0.413. The molecule has 0 aromatic heterocycles. The molecule has 2 amide bonds. The summed E-state index contributed by atoms with van der Waals surface area (Å²) in [7, 11) is 0. The summed E-state index contributed by atoms with van der Waals surface area (Å²) in [6, 6.07) is 14.1. The Bertz CT molecular complexity index is 1220. The fraction of sp³-hybridized carbons (Fsp3) is 0.467. The molecular weight excluding hydrogens is 486 g/mol. The zero-order chi connectivity index (χ0) is 25.5. The van der Waals surface area contributed by atoms with Crippen molar-refractivity contribution in [2.75, 3.05) is 13.1 Å². The molecule has 7 heteroatoms. The molecule has 2 aromatic rings. The van der Waals surface area contributed by atoms with Crippen molar-refractivity contribution >= 4 is 23.4 Å². The second-order valence-electron chi connectivity index (χ2n) is 11.0. The van der Waals surface area contributed by atoms with Crippen LogP contribution in [-0.2, 0) is 17.8 Å². The third kappa shape index (κ3) is 4.89. The number of likely N-dealkylation sites (tertiary alicyclic amines) is 1. The standard InChI is InChI=1S/C30H34ClN3O3/c1-19-10-13-27(29(35)32-19)34-16-22-15-20(11-12-24(22)30(34)36)14-21-6-2-4-8-26(21)33-17-23(18-33)37-28-9-5-3-7-25(28)31/h3,5,7,9,11-12,15,21,23,26-27H,1-2,4,6,8,10,13-14,16-18H2,(H,32,35)/t21-,26+,27?/m1/s1. The Morgan fingerprint density at radius 1 is 1.05 bits per heavy atom. The van der Waals surface area contributed by atoms with Crippen molar-refractivity contribution in [2.45, 2.75) is 69.7 Å². The molecule has 1 saturated carbocycles. The number of carbonyl (C=O) groups excluding carboxylic acids is 2. The number of halogens is 1. The fourth-order valence-corrected chi connectivity index (χ4v) is 6.76. The highest BCUT2D eigenvalue weighted by Gasteiger charge is 2.40. The second-order valence-corrected chi connectivity index (χ2v) is 11.4. The number of hydrogen-bond donors (Lipinski definition) is 1. The maximum Gasteiger partial charge on any atom is 0.255 e. The molecule has 0 bridgehead atoms. The van der Waals surface area contributed by atoms with Gasteiger partial charge in [-0.05, 0) is 67.3 Å². The number of nitrogens with one attached hydrogen (secondary N) is 1. The Kier molecular flexibility index (Phi) is 6.72. The van der Waals surface area contributed by atoms with Gasteiger partial charge in [0.25, 0.3) is 5.91 Å². The fourth-order valence-electron chi connectivity index (χ4n) is 6.58. The van der Waals surface area contributed by atoms with Gasteiger partial charge in [-0.1, -0.05) is 55.3 Å². The van der Waals surface area contributed by atoms with Crippen molar-refractivity contribution in [3.63, 3.8) is 0 Å². The number of ether oxygens (including phenoxy) is 1. The van der Waals surface area contributed by atoms with Crippen LogP contribution in [0.2, 0.25) is 5.02 Å². The summed E-state index contributed by atoms with van der Waals surface area (Å²) in [6.45, 7) is 6.24. The summed E-state index contributed by atoms with van der Waals surface area (Å²) < 4.78 is 6.15. The minimum Gasteiger partial charge on any atom is -0.486 e. The Hall–Kier alpha value is -2.83. The van der Waals surface area contributed by atoms with Gasteiger partial charge < -0.3 is 15.0 Å². The van der Waals surface area contributed by atoms with Crippen molar-refractivity contribution in [2.24, 2.45) is 5.92 Å². The number of nitrogens with zero attached hydrogens (tertiary/aromatic N) is 2. The highest BCUT2D eigenvalue weighted by atomic mass is 35.5. The largest absolute Gasteiger partial charge is 0.486 e. The first-order valence-electron chi connectivity index (χ1n) is 13.5. The molecule has 3 fully saturated rings. The average Bonchev–Trinajstić information content (AvgIpc) is 3.18. The van der Waals surface area contributed by atoms with Crippen molar-refractivity contribution < 1.29 is 14.3 Å². The predicted molar refractivity (Wildman–Crippen MR) is 144 cm³/mol. The number of carbonyl (C=O) groups is 2. The van der Waals surface area contributed by atoms with Gasteiger partial charge in [-0.25, -0.2) is 0 Å². The van der Waals surface area contributed by atoms with Crippen LogP contribution in [0.25, 0.3) is 0 Å². The van der Waals surface area contributed by atoms with Gasteiger partial charge in [-0.15, -0.1) is 0 Å². The summed E-state index contributed by atoms with van der Waals surface area (Å²) in [4.78, 5) is 29.9. The third-order valence-electron chi connectivity index (χ3n) is 8.54. The molecule has 1 unspecified atom stereocenters. The zero-order valence-corrected chi connectivity index (χ0v) is 21.9. The van der Waals surface area contributed by atoms with Gasteiger partial charge in [0.2, 0.25) is 5.91 Å². The van der Waals surface area contributed by atoms with E-state index in [1.807, 2.05) is 30.3 Å². The van der Waals surface area contributed by atoms with Gasteiger partial charge in [0.15, 0.2) is 0 Å². The number of hydrogen-bond acceptors (Lipinski definition) is 4. The highest BCUT2D eigenvalue weighted by Crippen LogP contribution is 2.36. The third-order valence-corrected chi connectivity index (χ3v) is 8.85. The molecule has 6 rings (SSSR count). The summed E-state index contributed by atoms with van der Waals surface area (Å²) in [6.07, 6.45) is 7.56. The Morgan fingerprint density at radius 3 is 2.68 bits per heavy atom. The van der Waals surface area contributed by atoms with Crippen LogP contribution >= 0.6 is 11.6 Å². The number of piperidine rings is 1. The van der Waals surface area contributed by atoms with Crippen molar-refractivity contribution in [1.29, 1.82) is 0 Å². The van der Waals surface area contributed by atoms with E-state index in [-0.39, 0.29) is 17.9 Å². The van der Waals surface area contributed by atoms with Gasteiger partial charge in [0.05, 0.1) is 5.02 Å². The number of amides is 2. The normalized spacial score (nSPS) is 26.6. The van der Waals surface area contributed by atoms with Gasteiger partial charge in [-0.3, -0.25) is 14.5 Å². The van der Waals surface area contributed by atoms with Crippen molar-refractivity contribution in [1.82, 2.24) is 15.1 Å². The molecular formula is C30H34ClN3O3. The van der Waals surface area contributed by atoms with Crippen LogP contribution in [0.15, 0.2) is 54.7 Å². The van der Waals surface area contributed by atoms with E-state index < -0.39 is 6.04 Å². The lowest BCUT2D eigenvalue weighted by molar-refractivity contribution is -0.126. The molecule has 6 nitrogen and oxygen atoms in total. The molecule has 3 atom stereocenters. The first-order chi connectivity index (χ1) is 18.0. The molecule has 194 valence electrons. The first-order valence-corrected chi connectivity index (χ1v) is 13.9. The second kappa shape index (κ2) is 10.1.